The molecule has 0 aliphatic rings. The topological polar surface area (TPSA) is 29.1 Å². The minimum Gasteiger partial charge on any atom is -0.349 e. The summed E-state index contributed by atoms with van der Waals surface area (Å²) in [5.41, 5.74) is 3.62. The van der Waals surface area contributed by atoms with Crippen molar-refractivity contribution in [2.24, 2.45) is 0 Å². The van der Waals surface area contributed by atoms with Crippen LogP contribution in [0.4, 0.5) is 0 Å². The summed E-state index contributed by atoms with van der Waals surface area (Å²) < 4.78 is 0. The molecule has 2 nitrogen and oxygen atoms in total. The van der Waals surface area contributed by atoms with Gasteiger partial charge in [-0.3, -0.25) is 4.79 Å². The first-order valence-electron chi connectivity index (χ1n) is 7.58. The highest BCUT2D eigenvalue weighted by molar-refractivity contribution is 7.99. The number of rotatable bonds is 6. The predicted molar refractivity (Wildman–Crippen MR) is 94.9 cm³/mol. The van der Waals surface area contributed by atoms with Crippen LogP contribution < -0.4 is 5.32 Å². The van der Waals surface area contributed by atoms with Crippen molar-refractivity contribution in [3.8, 4) is 0 Å². The van der Waals surface area contributed by atoms with Gasteiger partial charge in [0.1, 0.15) is 0 Å². The van der Waals surface area contributed by atoms with Gasteiger partial charge < -0.3 is 5.32 Å². The van der Waals surface area contributed by atoms with Gasteiger partial charge in [-0.15, -0.1) is 11.8 Å². The van der Waals surface area contributed by atoms with Crippen LogP contribution in [0.2, 0.25) is 0 Å². The fraction of sp³-hybridized carbons (Fsp3) is 0.316. The van der Waals surface area contributed by atoms with Gasteiger partial charge in [0.2, 0.25) is 5.91 Å². The van der Waals surface area contributed by atoms with E-state index >= 15 is 0 Å². The zero-order chi connectivity index (χ0) is 15.9. The summed E-state index contributed by atoms with van der Waals surface area (Å²) >= 11 is 1.67. The number of hydrogen-bond donors (Lipinski definition) is 1. The molecule has 0 heterocycles. The van der Waals surface area contributed by atoms with Gasteiger partial charge in [-0.2, -0.15) is 0 Å². The van der Waals surface area contributed by atoms with Crippen molar-refractivity contribution in [2.75, 3.05) is 0 Å². The zero-order valence-corrected chi connectivity index (χ0v) is 14.2. The Balaban J connectivity index is 1.84. The number of carbonyl (C=O) groups excluding carboxylic acids is 1. The molecule has 0 aliphatic heterocycles. The van der Waals surface area contributed by atoms with Gasteiger partial charge in [-0.05, 0) is 31.9 Å². The highest BCUT2D eigenvalue weighted by Crippen LogP contribution is 2.19. The average molecular weight is 313 g/mol. The molecule has 2 aromatic rings. The lowest BCUT2D eigenvalue weighted by Gasteiger charge is -2.18. The number of aryl methyl sites for hydroxylation is 1. The number of amides is 1. The van der Waals surface area contributed by atoms with E-state index in [0.717, 1.165) is 11.3 Å². The molecular weight excluding hydrogens is 290 g/mol. The lowest BCUT2D eigenvalue weighted by atomic mass is 10.1. The summed E-state index contributed by atoms with van der Waals surface area (Å²) in [5.74, 6) is 0.947. The summed E-state index contributed by atoms with van der Waals surface area (Å²) in [7, 11) is 0. The van der Waals surface area contributed by atoms with E-state index in [1.165, 1.54) is 11.1 Å². The largest absolute Gasteiger partial charge is 0.349 e. The minimum absolute atomic E-state index is 0.0351. The van der Waals surface area contributed by atoms with Crippen molar-refractivity contribution in [1.29, 1.82) is 0 Å². The number of nitrogens with one attached hydrogen (secondary N) is 1. The zero-order valence-electron chi connectivity index (χ0n) is 13.4. The van der Waals surface area contributed by atoms with Crippen molar-refractivity contribution in [2.45, 2.75) is 37.8 Å². The molecule has 0 aliphatic carbocycles. The second kappa shape index (κ2) is 8.04. The molecule has 0 saturated carbocycles. The van der Waals surface area contributed by atoms with E-state index in [9.17, 15) is 4.79 Å². The fourth-order valence-corrected chi connectivity index (χ4v) is 2.99. The van der Waals surface area contributed by atoms with E-state index in [1.807, 2.05) is 32.0 Å². The molecule has 0 aromatic heterocycles. The van der Waals surface area contributed by atoms with Crippen molar-refractivity contribution in [1.82, 2.24) is 5.32 Å². The predicted octanol–water partition coefficient (Wildman–Crippen LogP) is 4.49. The molecule has 0 radical (unpaired) electrons. The van der Waals surface area contributed by atoms with Gasteiger partial charge in [-0.1, -0.05) is 60.2 Å². The number of hydrogen-bond acceptors (Lipinski definition) is 2. The molecule has 0 saturated heterocycles. The standard InChI is InChI=1S/C19H23NOS/c1-14-9-11-18(12-10-14)15(2)20-19(21)16(3)22-13-17-7-5-4-6-8-17/h4-12,15-16H,13H2,1-3H3,(H,20,21)/t15-,16+/m0/s1. The third kappa shape index (κ3) is 4.92. The molecule has 1 amide bonds. The van der Waals surface area contributed by atoms with Crippen LogP contribution in [-0.2, 0) is 10.5 Å². The van der Waals surface area contributed by atoms with Gasteiger partial charge in [0, 0.05) is 5.75 Å². The SMILES string of the molecule is Cc1ccc([C@H](C)NC(=O)[C@@H](C)SCc2ccccc2)cc1. The average Bonchev–Trinajstić information content (AvgIpc) is 2.54. The van der Waals surface area contributed by atoms with E-state index in [4.69, 9.17) is 0 Å². The van der Waals surface area contributed by atoms with Crippen LogP contribution in [0.25, 0.3) is 0 Å². The lowest BCUT2D eigenvalue weighted by molar-refractivity contribution is -0.120. The van der Waals surface area contributed by atoms with E-state index in [-0.39, 0.29) is 17.2 Å². The van der Waals surface area contributed by atoms with E-state index < -0.39 is 0 Å². The maximum absolute atomic E-state index is 12.3. The van der Waals surface area contributed by atoms with Crippen molar-refractivity contribution < 1.29 is 4.79 Å². The van der Waals surface area contributed by atoms with Crippen LogP contribution in [0.1, 0.15) is 36.6 Å². The Hall–Kier alpha value is -1.74. The van der Waals surface area contributed by atoms with Gasteiger partial charge in [0.25, 0.3) is 0 Å². The van der Waals surface area contributed by atoms with Crippen LogP contribution in [-0.4, -0.2) is 11.2 Å². The summed E-state index contributed by atoms with van der Waals surface area (Å²) in [6.45, 7) is 6.05. The van der Waals surface area contributed by atoms with Crippen LogP contribution in [0.5, 0.6) is 0 Å². The highest BCUT2D eigenvalue weighted by atomic mass is 32.2. The van der Waals surface area contributed by atoms with Gasteiger partial charge >= 0.3 is 0 Å². The molecular formula is C19H23NOS. The van der Waals surface area contributed by atoms with Crippen LogP contribution in [0.3, 0.4) is 0 Å². The van der Waals surface area contributed by atoms with Gasteiger partial charge in [-0.25, -0.2) is 0 Å². The van der Waals surface area contributed by atoms with E-state index in [1.54, 1.807) is 11.8 Å². The normalized spacial score (nSPS) is 13.4. The first kappa shape index (κ1) is 16.6. The molecule has 0 fully saturated rings. The minimum atomic E-state index is -0.0619. The smallest absolute Gasteiger partial charge is 0.233 e. The van der Waals surface area contributed by atoms with Crippen LogP contribution in [0.15, 0.2) is 54.6 Å². The third-order valence-electron chi connectivity index (χ3n) is 3.65. The second-order valence-corrected chi connectivity index (χ2v) is 6.91. The highest BCUT2D eigenvalue weighted by Gasteiger charge is 2.16. The van der Waals surface area contributed by atoms with E-state index in [0.29, 0.717) is 0 Å². The first-order chi connectivity index (χ1) is 10.6. The number of benzene rings is 2. The Kier molecular flexibility index (Phi) is 6.08. The maximum atomic E-state index is 12.3. The fourth-order valence-electron chi connectivity index (χ4n) is 2.14. The summed E-state index contributed by atoms with van der Waals surface area (Å²) in [4.78, 5) is 12.3. The summed E-state index contributed by atoms with van der Waals surface area (Å²) in [6, 6.07) is 18.6. The second-order valence-electron chi connectivity index (χ2n) is 5.58. The molecule has 0 spiro atoms. The molecule has 116 valence electrons. The van der Waals surface area contributed by atoms with Crippen LogP contribution >= 0.6 is 11.8 Å². The number of thioether (sulfide) groups is 1. The Labute approximate surface area is 137 Å². The Bertz CT molecular complexity index is 595. The van der Waals surface area contributed by atoms with E-state index in [2.05, 4.69) is 48.6 Å². The van der Waals surface area contributed by atoms with Gasteiger partial charge in [0.05, 0.1) is 11.3 Å². The van der Waals surface area contributed by atoms with Crippen molar-refractivity contribution in [3.63, 3.8) is 0 Å². The monoisotopic (exact) mass is 313 g/mol. The molecule has 1 N–H and O–H groups in total. The summed E-state index contributed by atoms with van der Waals surface area (Å²) in [5, 5.41) is 3.03. The molecule has 0 unspecified atom stereocenters. The Morgan fingerprint density at radius 3 is 2.32 bits per heavy atom. The lowest BCUT2D eigenvalue weighted by Crippen LogP contribution is -2.33. The molecule has 2 atom stereocenters. The number of carbonyl (C=O) groups is 1. The molecule has 2 aromatic carbocycles. The molecule has 2 rings (SSSR count). The molecule has 3 heteroatoms. The maximum Gasteiger partial charge on any atom is 0.233 e. The van der Waals surface area contributed by atoms with Gasteiger partial charge in [0.15, 0.2) is 0 Å². The first-order valence-corrected chi connectivity index (χ1v) is 8.63. The summed E-state index contributed by atoms with van der Waals surface area (Å²) in [6.07, 6.45) is 0. The van der Waals surface area contributed by atoms with Crippen molar-refractivity contribution in [3.05, 3.63) is 71.3 Å². The molecule has 22 heavy (non-hydrogen) atoms. The van der Waals surface area contributed by atoms with Crippen molar-refractivity contribution >= 4 is 17.7 Å². The third-order valence-corrected chi connectivity index (χ3v) is 4.86. The molecule has 0 bridgehead atoms. The quantitative estimate of drug-likeness (QED) is 0.851. The van der Waals surface area contributed by atoms with Crippen LogP contribution in [0, 0.1) is 6.92 Å². The Morgan fingerprint density at radius 1 is 1.05 bits per heavy atom. The Morgan fingerprint density at radius 2 is 1.68 bits per heavy atom.